The van der Waals surface area contributed by atoms with E-state index in [2.05, 4.69) is 44.8 Å². The monoisotopic (exact) mass is 389 g/mol. The molecular weight excluding hydrogens is 354 g/mol. The Kier molecular flexibility index (Phi) is 8.57. The third-order valence-electron chi connectivity index (χ3n) is 4.90. The van der Waals surface area contributed by atoms with Gasteiger partial charge in [0, 0.05) is 58.5 Å². The van der Waals surface area contributed by atoms with E-state index in [0.717, 1.165) is 32.7 Å². The molecule has 0 aliphatic carbocycles. The molecule has 1 amide bonds. The summed E-state index contributed by atoms with van der Waals surface area (Å²) in [7, 11) is 1.69. The summed E-state index contributed by atoms with van der Waals surface area (Å²) in [4.78, 5) is 21.4. The van der Waals surface area contributed by atoms with Crippen LogP contribution in [0, 0.1) is 0 Å². The van der Waals surface area contributed by atoms with Crippen LogP contribution in [0.5, 0.6) is 0 Å². The van der Waals surface area contributed by atoms with E-state index in [0.29, 0.717) is 25.5 Å². The predicted octanol–water partition coefficient (Wildman–Crippen LogP) is 1.71. The number of piperazine rings is 1. The molecule has 1 aliphatic rings. The Balaban J connectivity index is 1.75. The second-order valence-corrected chi connectivity index (χ2v) is 7.54. The summed E-state index contributed by atoms with van der Waals surface area (Å²) in [6, 6.07) is 10.4. The molecule has 1 aromatic rings. The SMILES string of the molecule is CCNC(=NCC(C)(C)OC)NCCC(=O)N1CCN(c2ccccc2)CC1. The standard InChI is InChI=1S/C21H35N5O2/c1-5-22-20(24-17-21(2,3)28-4)23-12-11-19(27)26-15-13-25(14-16-26)18-9-7-6-8-10-18/h6-10H,5,11-17H2,1-4H3,(H2,22,23,24). The molecule has 7 nitrogen and oxygen atoms in total. The van der Waals surface area contributed by atoms with Crippen molar-refractivity contribution < 1.29 is 9.53 Å². The molecule has 0 atom stereocenters. The minimum Gasteiger partial charge on any atom is -0.377 e. The number of rotatable bonds is 8. The lowest BCUT2D eigenvalue weighted by Crippen LogP contribution is -2.49. The van der Waals surface area contributed by atoms with Crippen LogP contribution in [-0.2, 0) is 9.53 Å². The number of anilines is 1. The van der Waals surface area contributed by atoms with Crippen molar-refractivity contribution in [2.24, 2.45) is 4.99 Å². The molecule has 1 aliphatic heterocycles. The minimum absolute atomic E-state index is 0.188. The fraction of sp³-hybridized carbons (Fsp3) is 0.619. The highest BCUT2D eigenvalue weighted by molar-refractivity contribution is 5.81. The number of amides is 1. The highest BCUT2D eigenvalue weighted by Crippen LogP contribution is 2.15. The molecule has 28 heavy (non-hydrogen) atoms. The van der Waals surface area contributed by atoms with Crippen LogP contribution in [-0.4, -0.2) is 75.3 Å². The largest absolute Gasteiger partial charge is 0.377 e. The molecule has 0 aromatic heterocycles. The van der Waals surface area contributed by atoms with Gasteiger partial charge in [0.2, 0.25) is 5.91 Å². The molecule has 2 N–H and O–H groups in total. The van der Waals surface area contributed by atoms with Crippen molar-refractivity contribution in [1.82, 2.24) is 15.5 Å². The molecule has 1 fully saturated rings. The highest BCUT2D eigenvalue weighted by atomic mass is 16.5. The van der Waals surface area contributed by atoms with Crippen molar-refractivity contribution in [2.45, 2.75) is 32.8 Å². The Morgan fingerprint density at radius 2 is 1.82 bits per heavy atom. The summed E-state index contributed by atoms with van der Waals surface area (Å²) in [6.45, 7) is 11.2. The molecular formula is C21H35N5O2. The van der Waals surface area contributed by atoms with Crippen molar-refractivity contribution in [3.63, 3.8) is 0 Å². The summed E-state index contributed by atoms with van der Waals surface area (Å²) < 4.78 is 5.40. The van der Waals surface area contributed by atoms with Crippen LogP contribution in [0.3, 0.4) is 0 Å². The Bertz CT molecular complexity index is 625. The third kappa shape index (κ3) is 7.03. The number of carbonyl (C=O) groups excluding carboxylic acids is 1. The highest BCUT2D eigenvalue weighted by Gasteiger charge is 2.21. The number of nitrogens with zero attached hydrogens (tertiary/aromatic N) is 3. The summed E-state index contributed by atoms with van der Waals surface area (Å²) in [5, 5.41) is 6.46. The number of para-hydroxylation sites is 1. The van der Waals surface area contributed by atoms with Crippen molar-refractivity contribution in [3.05, 3.63) is 30.3 Å². The van der Waals surface area contributed by atoms with E-state index in [1.165, 1.54) is 5.69 Å². The van der Waals surface area contributed by atoms with Gasteiger partial charge in [0.1, 0.15) is 0 Å². The summed E-state index contributed by atoms with van der Waals surface area (Å²) >= 11 is 0. The molecule has 0 spiro atoms. The number of guanidine groups is 1. The van der Waals surface area contributed by atoms with Gasteiger partial charge in [-0.3, -0.25) is 9.79 Å². The molecule has 7 heteroatoms. The lowest BCUT2D eigenvalue weighted by molar-refractivity contribution is -0.131. The van der Waals surface area contributed by atoms with Gasteiger partial charge in [-0.2, -0.15) is 0 Å². The number of carbonyl (C=O) groups is 1. The molecule has 156 valence electrons. The van der Waals surface area contributed by atoms with Crippen LogP contribution >= 0.6 is 0 Å². The van der Waals surface area contributed by atoms with Gasteiger partial charge < -0.3 is 25.2 Å². The van der Waals surface area contributed by atoms with Crippen LogP contribution in [0.1, 0.15) is 27.2 Å². The van der Waals surface area contributed by atoms with Gasteiger partial charge in [0.15, 0.2) is 5.96 Å². The molecule has 0 saturated carbocycles. The fourth-order valence-corrected chi connectivity index (χ4v) is 2.97. The average molecular weight is 390 g/mol. The van der Waals surface area contributed by atoms with Gasteiger partial charge in [-0.05, 0) is 32.9 Å². The number of hydrogen-bond acceptors (Lipinski definition) is 4. The third-order valence-corrected chi connectivity index (χ3v) is 4.90. The van der Waals surface area contributed by atoms with E-state index >= 15 is 0 Å². The Hall–Kier alpha value is -2.28. The molecule has 1 aromatic carbocycles. The van der Waals surface area contributed by atoms with Crippen LogP contribution in [0.4, 0.5) is 5.69 Å². The molecule has 1 saturated heterocycles. The first kappa shape index (κ1) is 22.0. The lowest BCUT2D eigenvalue weighted by Gasteiger charge is -2.36. The molecule has 0 unspecified atom stereocenters. The fourth-order valence-electron chi connectivity index (χ4n) is 2.97. The maximum absolute atomic E-state index is 12.5. The Morgan fingerprint density at radius 3 is 2.43 bits per heavy atom. The maximum Gasteiger partial charge on any atom is 0.224 e. The number of benzene rings is 1. The Labute approximate surface area is 169 Å². The van der Waals surface area contributed by atoms with Gasteiger partial charge in [0.25, 0.3) is 0 Å². The van der Waals surface area contributed by atoms with Crippen LogP contribution < -0.4 is 15.5 Å². The van der Waals surface area contributed by atoms with E-state index in [1.54, 1.807) is 7.11 Å². The molecule has 0 radical (unpaired) electrons. The normalized spacial score (nSPS) is 15.5. The first-order chi connectivity index (χ1) is 13.4. The van der Waals surface area contributed by atoms with Crippen molar-refractivity contribution in [3.8, 4) is 0 Å². The first-order valence-electron chi connectivity index (χ1n) is 10.1. The van der Waals surface area contributed by atoms with Crippen molar-refractivity contribution >= 4 is 17.6 Å². The van der Waals surface area contributed by atoms with Crippen LogP contribution in [0.2, 0.25) is 0 Å². The van der Waals surface area contributed by atoms with Gasteiger partial charge in [-0.25, -0.2) is 0 Å². The van der Waals surface area contributed by atoms with E-state index in [9.17, 15) is 4.79 Å². The predicted molar refractivity (Wildman–Crippen MR) is 115 cm³/mol. The van der Waals surface area contributed by atoms with Crippen molar-refractivity contribution in [2.75, 3.05) is 57.8 Å². The summed E-state index contributed by atoms with van der Waals surface area (Å²) in [5.74, 6) is 0.905. The van der Waals surface area contributed by atoms with Crippen molar-refractivity contribution in [1.29, 1.82) is 0 Å². The van der Waals surface area contributed by atoms with E-state index in [1.807, 2.05) is 31.7 Å². The second-order valence-electron chi connectivity index (χ2n) is 7.54. The first-order valence-corrected chi connectivity index (χ1v) is 10.1. The zero-order chi connectivity index (χ0) is 20.4. The minimum atomic E-state index is -0.309. The van der Waals surface area contributed by atoms with Gasteiger partial charge in [-0.1, -0.05) is 18.2 Å². The average Bonchev–Trinajstić information content (AvgIpc) is 2.72. The lowest BCUT2D eigenvalue weighted by atomic mass is 10.1. The zero-order valence-electron chi connectivity index (χ0n) is 17.7. The van der Waals surface area contributed by atoms with E-state index < -0.39 is 0 Å². The zero-order valence-corrected chi connectivity index (χ0v) is 17.7. The molecule has 1 heterocycles. The van der Waals surface area contributed by atoms with Crippen LogP contribution in [0.25, 0.3) is 0 Å². The second kappa shape index (κ2) is 10.9. The smallest absolute Gasteiger partial charge is 0.224 e. The number of aliphatic imine (C=N–C) groups is 1. The number of methoxy groups -OCH3 is 1. The molecule has 0 bridgehead atoms. The van der Waals surface area contributed by atoms with Gasteiger partial charge in [-0.15, -0.1) is 0 Å². The maximum atomic E-state index is 12.5. The number of ether oxygens (including phenoxy) is 1. The number of hydrogen-bond donors (Lipinski definition) is 2. The molecule has 2 rings (SSSR count). The van der Waals surface area contributed by atoms with E-state index in [-0.39, 0.29) is 11.5 Å². The number of nitrogens with one attached hydrogen (secondary N) is 2. The van der Waals surface area contributed by atoms with Crippen LogP contribution in [0.15, 0.2) is 35.3 Å². The van der Waals surface area contributed by atoms with Gasteiger partial charge >= 0.3 is 0 Å². The van der Waals surface area contributed by atoms with Gasteiger partial charge in [0.05, 0.1) is 12.1 Å². The topological polar surface area (TPSA) is 69.2 Å². The van der Waals surface area contributed by atoms with E-state index in [4.69, 9.17) is 4.74 Å². The quantitative estimate of drug-likeness (QED) is 0.523. The Morgan fingerprint density at radius 1 is 1.14 bits per heavy atom. The summed E-state index contributed by atoms with van der Waals surface area (Å²) in [5.41, 5.74) is 0.915. The summed E-state index contributed by atoms with van der Waals surface area (Å²) in [6.07, 6.45) is 0.462.